The Hall–Kier alpha value is -0.413. The Morgan fingerprint density at radius 3 is 2.50 bits per heavy atom. The second kappa shape index (κ2) is 5.80. The van der Waals surface area contributed by atoms with Crippen LogP contribution in [-0.2, 0) is 9.22 Å². The number of hydrogen-bond donors (Lipinski definition) is 0. The molecule has 2 fully saturated rings. The van der Waals surface area contributed by atoms with E-state index in [1.165, 1.54) is 32.1 Å². The van der Waals surface area contributed by atoms with Gasteiger partial charge in [-0.2, -0.15) is 0 Å². The summed E-state index contributed by atoms with van der Waals surface area (Å²) in [5.41, 5.74) is 2.12. The molecule has 24 heavy (non-hydrogen) atoms. The molecule has 0 N–H and O–H groups in total. The number of carbonyl (C=O) groups is 1. The zero-order valence-electron chi connectivity index (χ0n) is 16.6. The van der Waals surface area contributed by atoms with Crippen LogP contribution in [0.1, 0.15) is 72.6 Å². The Bertz CT molecular complexity index is 539. The monoisotopic (exact) mass is 348 g/mol. The molecule has 2 saturated carbocycles. The van der Waals surface area contributed by atoms with Crippen LogP contribution in [0, 0.1) is 16.7 Å². The molecule has 3 aliphatic carbocycles. The van der Waals surface area contributed by atoms with E-state index in [9.17, 15) is 4.79 Å². The molecule has 2 nitrogen and oxygen atoms in total. The van der Waals surface area contributed by atoms with E-state index in [0.717, 1.165) is 19.1 Å². The minimum Gasteiger partial charge on any atom is -0.414 e. The first-order chi connectivity index (χ1) is 11.1. The normalized spacial score (nSPS) is 35.3. The topological polar surface area (TPSA) is 26.3 Å². The summed E-state index contributed by atoms with van der Waals surface area (Å²) in [5, 5.41) is 0.269. The van der Waals surface area contributed by atoms with Gasteiger partial charge in [0.15, 0.2) is 8.32 Å². The quantitative estimate of drug-likeness (QED) is 0.352. The SMILES string of the molecule is CC(C)(C)[Si](C)(C)O[C@H]1CCC[C@@]2(C)C(C3(CC=O)CC3)=CC[C@@H]12. The van der Waals surface area contributed by atoms with Crippen LogP contribution in [0.4, 0.5) is 0 Å². The highest BCUT2D eigenvalue weighted by Crippen LogP contribution is 2.66. The molecule has 0 aromatic rings. The molecule has 0 radical (unpaired) electrons. The molecular formula is C21H36O2Si. The predicted molar refractivity (Wildman–Crippen MR) is 103 cm³/mol. The number of allylic oxidation sites excluding steroid dienone is 2. The van der Waals surface area contributed by atoms with Gasteiger partial charge >= 0.3 is 0 Å². The molecule has 0 aromatic heterocycles. The fourth-order valence-corrected chi connectivity index (χ4v) is 6.50. The van der Waals surface area contributed by atoms with Gasteiger partial charge in [0, 0.05) is 12.5 Å². The van der Waals surface area contributed by atoms with E-state index in [1.807, 2.05) is 0 Å². The lowest BCUT2D eigenvalue weighted by Gasteiger charge is -2.49. The van der Waals surface area contributed by atoms with Crippen LogP contribution < -0.4 is 0 Å². The third-order valence-corrected chi connectivity index (χ3v) is 12.3. The first-order valence-electron chi connectivity index (χ1n) is 9.88. The lowest BCUT2D eigenvalue weighted by Crippen LogP contribution is -2.49. The van der Waals surface area contributed by atoms with Gasteiger partial charge in [-0.25, -0.2) is 0 Å². The smallest absolute Gasteiger partial charge is 0.192 e. The molecule has 0 saturated heterocycles. The maximum atomic E-state index is 11.2. The second-order valence-electron chi connectivity index (χ2n) is 10.3. The van der Waals surface area contributed by atoms with Gasteiger partial charge in [-0.3, -0.25) is 0 Å². The van der Waals surface area contributed by atoms with Gasteiger partial charge in [0.2, 0.25) is 0 Å². The molecular weight excluding hydrogens is 312 g/mol. The molecule has 0 unspecified atom stereocenters. The van der Waals surface area contributed by atoms with Crippen molar-refractivity contribution in [2.45, 2.75) is 96.9 Å². The van der Waals surface area contributed by atoms with Crippen molar-refractivity contribution in [3.63, 3.8) is 0 Å². The van der Waals surface area contributed by atoms with Gasteiger partial charge in [0.1, 0.15) is 6.29 Å². The first kappa shape index (κ1) is 18.4. The maximum Gasteiger partial charge on any atom is 0.192 e. The highest BCUT2D eigenvalue weighted by Gasteiger charge is 2.58. The van der Waals surface area contributed by atoms with Gasteiger partial charge in [0.25, 0.3) is 0 Å². The summed E-state index contributed by atoms with van der Waals surface area (Å²) in [6, 6.07) is 0. The number of hydrogen-bond acceptors (Lipinski definition) is 2. The molecule has 136 valence electrons. The van der Waals surface area contributed by atoms with Crippen molar-refractivity contribution in [1.29, 1.82) is 0 Å². The van der Waals surface area contributed by atoms with Gasteiger partial charge in [-0.15, -0.1) is 0 Å². The molecule has 0 bridgehead atoms. The summed E-state index contributed by atoms with van der Waals surface area (Å²) in [4.78, 5) is 11.2. The molecule has 0 spiro atoms. The van der Waals surface area contributed by atoms with Gasteiger partial charge in [0.05, 0.1) is 0 Å². The van der Waals surface area contributed by atoms with Crippen LogP contribution in [0.3, 0.4) is 0 Å². The van der Waals surface area contributed by atoms with Gasteiger partial charge < -0.3 is 9.22 Å². The van der Waals surface area contributed by atoms with Crippen molar-refractivity contribution in [1.82, 2.24) is 0 Å². The average molecular weight is 349 g/mol. The Morgan fingerprint density at radius 1 is 1.29 bits per heavy atom. The Morgan fingerprint density at radius 2 is 1.96 bits per heavy atom. The van der Waals surface area contributed by atoms with Crippen LogP contribution >= 0.6 is 0 Å². The van der Waals surface area contributed by atoms with Crippen molar-refractivity contribution < 1.29 is 9.22 Å². The van der Waals surface area contributed by atoms with Gasteiger partial charge in [-0.1, -0.05) is 45.8 Å². The van der Waals surface area contributed by atoms with Crippen LogP contribution in [0.2, 0.25) is 18.1 Å². The fraction of sp³-hybridized carbons (Fsp3) is 0.857. The van der Waals surface area contributed by atoms with E-state index < -0.39 is 8.32 Å². The number of fused-ring (bicyclic) bond motifs is 1. The maximum absolute atomic E-state index is 11.2. The Labute approximate surface area is 149 Å². The fourth-order valence-electron chi connectivity index (χ4n) is 5.10. The largest absolute Gasteiger partial charge is 0.414 e. The summed E-state index contributed by atoms with van der Waals surface area (Å²) in [6.45, 7) is 14.3. The van der Waals surface area contributed by atoms with Gasteiger partial charge in [-0.05, 0) is 67.0 Å². The molecule has 0 amide bonds. The Balaban J connectivity index is 1.80. The summed E-state index contributed by atoms with van der Waals surface area (Å²) in [7, 11) is -1.73. The standard InChI is InChI=1S/C21H36O2Si/c1-19(2,3)24(5,6)23-17-8-7-11-20(4)16(17)9-10-18(20)21(12-13-21)14-15-22/h10,15-17H,7-9,11-14H2,1-6H3/t16-,17-,20+/m0/s1. The molecule has 0 heterocycles. The van der Waals surface area contributed by atoms with Crippen molar-refractivity contribution in [2.24, 2.45) is 16.7 Å². The van der Waals surface area contributed by atoms with Crippen molar-refractivity contribution in [3.8, 4) is 0 Å². The summed E-state index contributed by atoms with van der Waals surface area (Å²) < 4.78 is 6.90. The average Bonchev–Trinajstić information content (AvgIpc) is 3.12. The number of aldehydes is 1. The Kier molecular flexibility index (Phi) is 4.44. The van der Waals surface area contributed by atoms with Crippen molar-refractivity contribution in [2.75, 3.05) is 0 Å². The van der Waals surface area contributed by atoms with Crippen LogP contribution in [0.15, 0.2) is 11.6 Å². The van der Waals surface area contributed by atoms with E-state index in [4.69, 9.17) is 4.43 Å². The molecule has 3 atom stereocenters. The molecule has 0 aliphatic heterocycles. The van der Waals surface area contributed by atoms with Crippen molar-refractivity contribution in [3.05, 3.63) is 11.6 Å². The highest BCUT2D eigenvalue weighted by molar-refractivity contribution is 6.74. The summed E-state index contributed by atoms with van der Waals surface area (Å²) >= 11 is 0. The lowest BCUT2D eigenvalue weighted by molar-refractivity contribution is -0.108. The third-order valence-electron chi connectivity index (χ3n) is 7.79. The van der Waals surface area contributed by atoms with E-state index >= 15 is 0 Å². The molecule has 3 rings (SSSR count). The predicted octanol–water partition coefficient (Wildman–Crippen LogP) is 5.88. The van der Waals surface area contributed by atoms with Crippen LogP contribution in [0.25, 0.3) is 0 Å². The summed E-state index contributed by atoms with van der Waals surface area (Å²) in [6.07, 6.45) is 12.1. The van der Waals surface area contributed by atoms with E-state index in [-0.39, 0.29) is 15.9 Å². The molecule has 3 aliphatic rings. The molecule has 3 heteroatoms. The summed E-state index contributed by atoms with van der Waals surface area (Å²) in [5.74, 6) is 0.625. The zero-order valence-corrected chi connectivity index (χ0v) is 17.6. The lowest BCUT2D eigenvalue weighted by atomic mass is 9.62. The van der Waals surface area contributed by atoms with Crippen LogP contribution in [0.5, 0.6) is 0 Å². The number of rotatable bonds is 5. The first-order valence-corrected chi connectivity index (χ1v) is 12.8. The van der Waals surface area contributed by atoms with Crippen LogP contribution in [-0.4, -0.2) is 20.7 Å². The number of carbonyl (C=O) groups excluding carboxylic acids is 1. The van der Waals surface area contributed by atoms with E-state index in [0.29, 0.717) is 12.0 Å². The van der Waals surface area contributed by atoms with E-state index in [1.54, 1.807) is 5.57 Å². The minimum atomic E-state index is -1.73. The minimum absolute atomic E-state index is 0.226. The highest BCUT2D eigenvalue weighted by atomic mass is 28.4. The van der Waals surface area contributed by atoms with E-state index in [2.05, 4.69) is 46.9 Å². The second-order valence-corrected chi connectivity index (χ2v) is 15.1. The zero-order chi connectivity index (χ0) is 17.8. The third kappa shape index (κ3) is 2.86. The molecule has 0 aromatic carbocycles. The van der Waals surface area contributed by atoms with Crippen molar-refractivity contribution >= 4 is 14.6 Å².